The van der Waals surface area contributed by atoms with Crippen LogP contribution in [0.5, 0.6) is 0 Å². The average molecular weight is 261 g/mol. The Morgan fingerprint density at radius 3 is 2.68 bits per heavy atom. The molecule has 1 aromatic carbocycles. The number of aliphatic hydroxyl groups excluding tert-OH is 1. The molecule has 0 saturated carbocycles. The van der Waals surface area contributed by atoms with Crippen LogP contribution in [0.2, 0.25) is 0 Å². The molecular formula is C17H27NO. The number of rotatable bonds is 3. The van der Waals surface area contributed by atoms with Crippen LogP contribution in [0.4, 0.5) is 5.69 Å². The fourth-order valence-corrected chi connectivity index (χ4v) is 3.39. The molecule has 1 N–H and O–H groups in total. The van der Waals surface area contributed by atoms with Crippen LogP contribution in [0.1, 0.15) is 38.3 Å². The summed E-state index contributed by atoms with van der Waals surface area (Å²) in [6.45, 7) is 11.4. The highest BCUT2D eigenvalue weighted by Crippen LogP contribution is 2.38. The van der Waals surface area contributed by atoms with Gasteiger partial charge in [0.05, 0.1) is 0 Å². The quantitative estimate of drug-likeness (QED) is 0.901. The third kappa shape index (κ3) is 2.79. The van der Waals surface area contributed by atoms with Crippen molar-refractivity contribution in [3.8, 4) is 0 Å². The molecular weight excluding hydrogens is 234 g/mol. The molecule has 1 atom stereocenters. The Morgan fingerprint density at radius 2 is 2.11 bits per heavy atom. The fourth-order valence-electron chi connectivity index (χ4n) is 3.39. The van der Waals surface area contributed by atoms with Gasteiger partial charge in [-0.3, -0.25) is 0 Å². The maximum Gasteiger partial charge on any atom is 0.0465 e. The molecule has 0 aromatic heterocycles. The maximum atomic E-state index is 9.52. The number of nitrogens with zero attached hydrogens (tertiary/aromatic N) is 1. The second kappa shape index (κ2) is 5.54. The van der Waals surface area contributed by atoms with Gasteiger partial charge in [-0.15, -0.1) is 0 Å². The van der Waals surface area contributed by atoms with Gasteiger partial charge in [0.1, 0.15) is 0 Å². The highest BCUT2D eigenvalue weighted by Gasteiger charge is 2.36. The summed E-state index contributed by atoms with van der Waals surface area (Å²) in [5.74, 6) is 0.429. The Labute approximate surface area is 117 Å². The van der Waals surface area contributed by atoms with Gasteiger partial charge in [-0.05, 0) is 42.2 Å². The van der Waals surface area contributed by atoms with E-state index in [2.05, 4.69) is 50.8 Å². The van der Waals surface area contributed by atoms with E-state index >= 15 is 0 Å². The summed E-state index contributed by atoms with van der Waals surface area (Å²) in [5.41, 5.74) is 4.42. The van der Waals surface area contributed by atoms with E-state index in [1.54, 1.807) is 0 Å². The van der Waals surface area contributed by atoms with Crippen molar-refractivity contribution in [2.45, 2.75) is 40.5 Å². The molecule has 2 rings (SSSR count). The molecule has 1 heterocycles. The van der Waals surface area contributed by atoms with Gasteiger partial charge in [-0.2, -0.15) is 0 Å². The van der Waals surface area contributed by atoms with Gasteiger partial charge in [0.25, 0.3) is 0 Å². The molecule has 106 valence electrons. The normalized spacial score (nSPS) is 22.6. The van der Waals surface area contributed by atoms with Gasteiger partial charge in [0, 0.05) is 25.4 Å². The van der Waals surface area contributed by atoms with E-state index in [0.717, 1.165) is 25.9 Å². The Balaban J connectivity index is 2.29. The van der Waals surface area contributed by atoms with Crippen molar-refractivity contribution in [3.05, 3.63) is 29.3 Å². The lowest BCUT2D eigenvalue weighted by Crippen LogP contribution is -2.47. The lowest BCUT2D eigenvalue weighted by atomic mass is 9.74. The van der Waals surface area contributed by atoms with Crippen molar-refractivity contribution >= 4 is 5.69 Å². The first-order chi connectivity index (χ1) is 8.99. The van der Waals surface area contributed by atoms with Crippen molar-refractivity contribution in [2.24, 2.45) is 11.3 Å². The number of hydrogen-bond acceptors (Lipinski definition) is 2. The molecule has 2 heteroatoms. The Bertz CT molecular complexity index is 439. The van der Waals surface area contributed by atoms with Gasteiger partial charge in [-0.25, -0.2) is 0 Å². The molecule has 1 aliphatic rings. The summed E-state index contributed by atoms with van der Waals surface area (Å²) in [7, 11) is 0. The van der Waals surface area contributed by atoms with E-state index < -0.39 is 0 Å². The van der Waals surface area contributed by atoms with Crippen LogP contribution < -0.4 is 4.90 Å². The molecule has 0 radical (unpaired) electrons. The molecule has 1 aliphatic heterocycles. The van der Waals surface area contributed by atoms with Gasteiger partial charge in [0.15, 0.2) is 0 Å². The SMILES string of the molecule is CCc1cccc(C)c1N1CCC(CO)C(C)(C)C1. The van der Waals surface area contributed by atoms with Crippen molar-refractivity contribution in [1.82, 2.24) is 0 Å². The second-order valence-corrected chi connectivity index (χ2v) is 6.51. The molecule has 0 spiro atoms. The predicted molar refractivity (Wildman–Crippen MR) is 81.7 cm³/mol. The van der Waals surface area contributed by atoms with Crippen LogP contribution in [0.3, 0.4) is 0 Å². The summed E-state index contributed by atoms with van der Waals surface area (Å²) < 4.78 is 0. The number of aryl methyl sites for hydroxylation is 2. The molecule has 1 saturated heterocycles. The monoisotopic (exact) mass is 261 g/mol. The summed E-state index contributed by atoms with van der Waals surface area (Å²) in [5, 5.41) is 9.52. The number of anilines is 1. The van der Waals surface area contributed by atoms with E-state index in [0.29, 0.717) is 12.5 Å². The van der Waals surface area contributed by atoms with Crippen LogP contribution in [-0.4, -0.2) is 24.8 Å². The van der Waals surface area contributed by atoms with Crippen LogP contribution in [0.25, 0.3) is 0 Å². The van der Waals surface area contributed by atoms with E-state index in [1.165, 1.54) is 16.8 Å². The van der Waals surface area contributed by atoms with Crippen molar-refractivity contribution in [1.29, 1.82) is 0 Å². The summed E-state index contributed by atoms with van der Waals surface area (Å²) in [4.78, 5) is 2.53. The first kappa shape index (κ1) is 14.4. The van der Waals surface area contributed by atoms with Gasteiger partial charge >= 0.3 is 0 Å². The van der Waals surface area contributed by atoms with Crippen molar-refractivity contribution in [2.75, 3.05) is 24.6 Å². The summed E-state index contributed by atoms with van der Waals surface area (Å²) in [6, 6.07) is 6.61. The molecule has 0 aliphatic carbocycles. The Kier molecular flexibility index (Phi) is 4.19. The van der Waals surface area contributed by atoms with Crippen LogP contribution in [0, 0.1) is 18.3 Å². The third-order valence-corrected chi connectivity index (χ3v) is 4.69. The Hall–Kier alpha value is -1.02. The predicted octanol–water partition coefficient (Wildman–Crippen LogP) is 3.40. The van der Waals surface area contributed by atoms with Gasteiger partial charge in [0.2, 0.25) is 0 Å². The largest absolute Gasteiger partial charge is 0.396 e. The van der Waals surface area contributed by atoms with E-state index in [-0.39, 0.29) is 5.41 Å². The highest BCUT2D eigenvalue weighted by atomic mass is 16.3. The number of para-hydroxylation sites is 1. The van der Waals surface area contributed by atoms with E-state index in [4.69, 9.17) is 0 Å². The smallest absolute Gasteiger partial charge is 0.0465 e. The summed E-state index contributed by atoms with van der Waals surface area (Å²) >= 11 is 0. The van der Waals surface area contributed by atoms with Crippen LogP contribution in [-0.2, 0) is 6.42 Å². The standard InChI is InChI=1S/C17H27NO/c1-5-14-8-6-7-13(2)16(14)18-10-9-15(11-19)17(3,4)12-18/h6-8,15,19H,5,9-12H2,1-4H3. The third-order valence-electron chi connectivity index (χ3n) is 4.69. The first-order valence-corrected chi connectivity index (χ1v) is 7.44. The number of aliphatic hydroxyl groups is 1. The molecule has 19 heavy (non-hydrogen) atoms. The minimum Gasteiger partial charge on any atom is -0.396 e. The zero-order valence-corrected chi connectivity index (χ0v) is 12.7. The van der Waals surface area contributed by atoms with Crippen LogP contribution in [0.15, 0.2) is 18.2 Å². The second-order valence-electron chi connectivity index (χ2n) is 6.51. The zero-order chi connectivity index (χ0) is 14.0. The van der Waals surface area contributed by atoms with E-state index in [9.17, 15) is 5.11 Å². The Morgan fingerprint density at radius 1 is 1.37 bits per heavy atom. The maximum absolute atomic E-state index is 9.52. The lowest BCUT2D eigenvalue weighted by Gasteiger charge is -2.45. The molecule has 0 amide bonds. The average Bonchev–Trinajstić information content (AvgIpc) is 2.37. The van der Waals surface area contributed by atoms with Crippen molar-refractivity contribution < 1.29 is 5.11 Å². The number of hydrogen-bond donors (Lipinski definition) is 1. The number of piperidine rings is 1. The zero-order valence-electron chi connectivity index (χ0n) is 12.7. The first-order valence-electron chi connectivity index (χ1n) is 7.44. The molecule has 1 unspecified atom stereocenters. The molecule has 2 nitrogen and oxygen atoms in total. The molecule has 1 fully saturated rings. The minimum atomic E-state index is 0.181. The fraction of sp³-hybridized carbons (Fsp3) is 0.647. The highest BCUT2D eigenvalue weighted by molar-refractivity contribution is 5.60. The van der Waals surface area contributed by atoms with Crippen molar-refractivity contribution in [3.63, 3.8) is 0 Å². The lowest BCUT2D eigenvalue weighted by molar-refractivity contribution is 0.0972. The minimum absolute atomic E-state index is 0.181. The van der Waals surface area contributed by atoms with Gasteiger partial charge < -0.3 is 10.0 Å². The van der Waals surface area contributed by atoms with Gasteiger partial charge in [-0.1, -0.05) is 39.0 Å². The van der Waals surface area contributed by atoms with E-state index in [1.807, 2.05) is 0 Å². The summed E-state index contributed by atoms with van der Waals surface area (Å²) in [6.07, 6.45) is 2.17. The molecule has 1 aromatic rings. The molecule has 0 bridgehead atoms. The number of benzene rings is 1. The topological polar surface area (TPSA) is 23.5 Å². The van der Waals surface area contributed by atoms with Crippen LogP contribution >= 0.6 is 0 Å².